The quantitative estimate of drug-likeness (QED) is 0.0127. The molecular formula is C44H76O14P2. The van der Waals surface area contributed by atoms with E-state index >= 15 is 0 Å². The number of hydrogen-bond donors (Lipinski definition) is 5. The Morgan fingerprint density at radius 1 is 0.550 bits per heavy atom. The third kappa shape index (κ3) is 42.2. The summed E-state index contributed by atoms with van der Waals surface area (Å²) in [6.45, 7) is 1.45. The molecule has 0 fully saturated rings. The lowest BCUT2D eigenvalue weighted by atomic mass is 10.1. The molecule has 0 aromatic heterocycles. The number of phosphoric ester groups is 2. The van der Waals surface area contributed by atoms with E-state index in [1.54, 1.807) is 12.2 Å². The number of esters is 2. The first-order valence-corrected chi connectivity index (χ1v) is 24.8. The minimum Gasteiger partial charge on any atom is -0.462 e. The van der Waals surface area contributed by atoms with E-state index in [2.05, 4.69) is 65.4 Å². The number of aliphatic hydroxyl groups is 2. The second kappa shape index (κ2) is 39.4. The Bertz CT molecular complexity index is 1350. The van der Waals surface area contributed by atoms with E-state index < -0.39 is 72.3 Å². The molecule has 346 valence electrons. The Kier molecular flexibility index (Phi) is 37.7. The van der Waals surface area contributed by atoms with Gasteiger partial charge >= 0.3 is 27.6 Å². The van der Waals surface area contributed by atoms with Gasteiger partial charge in [-0.25, -0.2) is 9.13 Å². The molecule has 0 saturated heterocycles. The van der Waals surface area contributed by atoms with Crippen LogP contribution in [-0.2, 0) is 41.8 Å². The van der Waals surface area contributed by atoms with Crippen molar-refractivity contribution in [1.82, 2.24) is 0 Å². The normalized spacial score (nSPS) is 15.2. The summed E-state index contributed by atoms with van der Waals surface area (Å²) in [6.07, 6.45) is 39.3. The van der Waals surface area contributed by atoms with Crippen LogP contribution in [0.3, 0.4) is 0 Å². The Morgan fingerprint density at radius 3 is 1.68 bits per heavy atom. The summed E-state index contributed by atoms with van der Waals surface area (Å²) >= 11 is 0. The summed E-state index contributed by atoms with van der Waals surface area (Å²) in [5.41, 5.74) is 0. The first-order chi connectivity index (χ1) is 28.8. The average molecular weight is 891 g/mol. The van der Waals surface area contributed by atoms with Gasteiger partial charge in [0.2, 0.25) is 0 Å². The van der Waals surface area contributed by atoms with Crippen molar-refractivity contribution in [2.24, 2.45) is 0 Å². The molecule has 0 aromatic rings. The number of ether oxygens (including phenoxy) is 2. The predicted molar refractivity (Wildman–Crippen MR) is 236 cm³/mol. The summed E-state index contributed by atoms with van der Waals surface area (Å²) in [5.74, 6) is -1.28. The van der Waals surface area contributed by atoms with Crippen LogP contribution in [0.5, 0.6) is 0 Å². The molecule has 4 atom stereocenters. The summed E-state index contributed by atoms with van der Waals surface area (Å²) in [7, 11) is -9.75. The van der Waals surface area contributed by atoms with Gasteiger partial charge in [0.1, 0.15) is 12.7 Å². The summed E-state index contributed by atoms with van der Waals surface area (Å²) < 4.78 is 47.6. The number of carbonyl (C=O) groups is 2. The van der Waals surface area contributed by atoms with E-state index in [1.165, 1.54) is 57.8 Å². The fraction of sp³-hybridized carbons (Fsp3) is 0.682. The van der Waals surface area contributed by atoms with Crippen LogP contribution in [0.1, 0.15) is 149 Å². The molecule has 0 rings (SSSR count). The van der Waals surface area contributed by atoms with Crippen LogP contribution in [0, 0.1) is 0 Å². The standard InChI is InChI=1S/C44H76O14P2/c1-3-5-7-9-11-13-15-17-18-20-22-24-26-28-30-34-44(48)58-42(39-57-60(52,53)56-37-41(46)36-55-59(49,50)51)38-54-43(47)35-31-33-40(45)32-29-27-25-23-21-19-16-14-12-10-8-6-4-2/h11,13,17-19,21-22,24-25,27,29,32,40-42,45-46H,3-10,12,14-16,20,23,26,28,30-31,33-39H2,1-2H3,(H,52,53)(H2,49,50,51)/b13-11-,18-17-,21-19+,24-22-,27-25+,32-29+/t40?,41-,42+/m0/s1. The SMILES string of the molecule is CCCCC/C=C\C/C=C\C/C=C\CCCCC(=O)O[C@H](COC(=O)CCCC(O)/C=C/C=C/C/C=C/CCCCCCCC)COP(=O)(O)OC[C@@H](O)COP(=O)(O)O. The second-order valence-corrected chi connectivity index (χ2v) is 17.2. The van der Waals surface area contributed by atoms with Crippen LogP contribution in [0.25, 0.3) is 0 Å². The van der Waals surface area contributed by atoms with E-state index in [1.807, 2.05) is 18.2 Å². The minimum absolute atomic E-state index is 0.0401. The smallest absolute Gasteiger partial charge is 0.462 e. The van der Waals surface area contributed by atoms with Crippen LogP contribution in [0.15, 0.2) is 72.9 Å². The fourth-order valence-electron chi connectivity index (χ4n) is 5.30. The zero-order valence-electron chi connectivity index (χ0n) is 36.1. The van der Waals surface area contributed by atoms with Crippen molar-refractivity contribution in [2.75, 3.05) is 26.4 Å². The number of allylic oxidation sites excluding steroid dienone is 11. The maximum atomic E-state index is 12.6. The van der Waals surface area contributed by atoms with E-state index in [0.29, 0.717) is 25.7 Å². The molecule has 0 aliphatic rings. The highest BCUT2D eigenvalue weighted by Gasteiger charge is 2.28. The first-order valence-electron chi connectivity index (χ1n) is 21.7. The molecule has 16 heteroatoms. The Hall–Kier alpha value is -2.48. The van der Waals surface area contributed by atoms with E-state index in [-0.39, 0.29) is 12.8 Å². The number of unbranched alkanes of at least 4 members (excludes halogenated alkanes) is 11. The van der Waals surface area contributed by atoms with Gasteiger partial charge in [0.25, 0.3) is 0 Å². The van der Waals surface area contributed by atoms with Gasteiger partial charge in [0.15, 0.2) is 6.10 Å². The Balaban J connectivity index is 4.77. The Morgan fingerprint density at radius 2 is 1.05 bits per heavy atom. The van der Waals surface area contributed by atoms with Crippen LogP contribution in [-0.4, -0.2) is 81.6 Å². The molecule has 0 radical (unpaired) electrons. The number of carbonyl (C=O) groups excluding carboxylic acids is 2. The van der Waals surface area contributed by atoms with Gasteiger partial charge in [-0.15, -0.1) is 0 Å². The molecule has 0 aromatic carbocycles. The monoisotopic (exact) mass is 890 g/mol. The largest absolute Gasteiger partial charge is 0.472 e. The van der Waals surface area contributed by atoms with Crippen molar-refractivity contribution in [3.8, 4) is 0 Å². The lowest BCUT2D eigenvalue weighted by molar-refractivity contribution is -0.161. The maximum Gasteiger partial charge on any atom is 0.472 e. The van der Waals surface area contributed by atoms with Crippen LogP contribution in [0.2, 0.25) is 0 Å². The van der Waals surface area contributed by atoms with Crippen molar-refractivity contribution in [3.05, 3.63) is 72.9 Å². The molecule has 0 spiro atoms. The highest BCUT2D eigenvalue weighted by molar-refractivity contribution is 7.47. The number of phosphoric acid groups is 2. The zero-order valence-corrected chi connectivity index (χ0v) is 37.9. The number of hydrogen-bond acceptors (Lipinski definition) is 11. The molecule has 5 N–H and O–H groups in total. The number of rotatable bonds is 40. The molecule has 2 unspecified atom stereocenters. The molecule has 0 bridgehead atoms. The van der Waals surface area contributed by atoms with E-state index in [0.717, 1.165) is 38.5 Å². The van der Waals surface area contributed by atoms with Crippen LogP contribution < -0.4 is 0 Å². The molecule has 0 aliphatic carbocycles. The van der Waals surface area contributed by atoms with E-state index in [9.17, 15) is 33.8 Å². The van der Waals surface area contributed by atoms with Crippen LogP contribution >= 0.6 is 15.6 Å². The highest BCUT2D eigenvalue weighted by atomic mass is 31.2. The van der Waals surface area contributed by atoms with Crippen molar-refractivity contribution < 1.29 is 66.7 Å². The molecule has 14 nitrogen and oxygen atoms in total. The second-order valence-electron chi connectivity index (χ2n) is 14.5. The van der Waals surface area contributed by atoms with Gasteiger partial charge in [-0.1, -0.05) is 132 Å². The average Bonchev–Trinajstić information content (AvgIpc) is 3.20. The molecule has 0 amide bonds. The summed E-state index contributed by atoms with van der Waals surface area (Å²) in [4.78, 5) is 52.7. The van der Waals surface area contributed by atoms with Crippen molar-refractivity contribution in [2.45, 2.75) is 167 Å². The van der Waals surface area contributed by atoms with Gasteiger partial charge in [-0.2, -0.15) is 0 Å². The lowest BCUT2D eigenvalue weighted by Crippen LogP contribution is -2.30. The third-order valence-electron chi connectivity index (χ3n) is 8.66. The first kappa shape index (κ1) is 57.5. The summed E-state index contributed by atoms with van der Waals surface area (Å²) in [5, 5.41) is 20.0. The van der Waals surface area contributed by atoms with E-state index in [4.69, 9.17) is 23.8 Å². The van der Waals surface area contributed by atoms with Gasteiger partial charge in [0.05, 0.1) is 25.9 Å². The molecular weight excluding hydrogens is 814 g/mol. The molecule has 60 heavy (non-hydrogen) atoms. The van der Waals surface area contributed by atoms with Crippen molar-refractivity contribution in [3.63, 3.8) is 0 Å². The predicted octanol–water partition coefficient (Wildman–Crippen LogP) is 9.98. The third-order valence-corrected chi connectivity index (χ3v) is 10.1. The lowest BCUT2D eigenvalue weighted by Gasteiger charge is -2.20. The van der Waals surface area contributed by atoms with Crippen molar-refractivity contribution >= 4 is 27.6 Å². The fourth-order valence-corrected chi connectivity index (χ4v) is 6.46. The van der Waals surface area contributed by atoms with Gasteiger partial charge < -0.3 is 34.4 Å². The molecule has 0 heterocycles. The van der Waals surface area contributed by atoms with Gasteiger partial charge in [-0.3, -0.25) is 23.2 Å². The Labute approximate surface area is 359 Å². The summed E-state index contributed by atoms with van der Waals surface area (Å²) in [6, 6.07) is 0. The van der Waals surface area contributed by atoms with Crippen molar-refractivity contribution in [1.29, 1.82) is 0 Å². The van der Waals surface area contributed by atoms with Gasteiger partial charge in [0, 0.05) is 12.8 Å². The van der Waals surface area contributed by atoms with Gasteiger partial charge in [-0.05, 0) is 77.0 Å². The number of aliphatic hydroxyl groups excluding tert-OH is 2. The maximum absolute atomic E-state index is 12.6. The molecule has 0 saturated carbocycles. The minimum atomic E-state index is -4.89. The van der Waals surface area contributed by atoms with Crippen LogP contribution in [0.4, 0.5) is 0 Å². The highest BCUT2D eigenvalue weighted by Crippen LogP contribution is 2.43. The topological polar surface area (TPSA) is 216 Å². The zero-order chi connectivity index (χ0) is 44.6. The molecule has 0 aliphatic heterocycles.